The van der Waals surface area contributed by atoms with Crippen molar-refractivity contribution in [3.8, 4) is 0 Å². The van der Waals surface area contributed by atoms with Crippen molar-refractivity contribution in [3.63, 3.8) is 0 Å². The molecule has 0 amide bonds. The molecule has 1 nitrogen and oxygen atoms in total. The van der Waals surface area contributed by atoms with Gasteiger partial charge in [-0.2, -0.15) is 0 Å². The molecule has 0 radical (unpaired) electrons. The standard InChI is InChI=1S/C14H17FOS/c1-10(16)5-6-11-7-8-12(9-13(11)15)17-14(2,3)4/h5-9H,1-4H3/b6-5+. The number of hydrogen-bond acceptors (Lipinski definition) is 2. The summed E-state index contributed by atoms with van der Waals surface area (Å²) >= 11 is 1.62. The minimum Gasteiger partial charge on any atom is -0.295 e. The number of carbonyl (C=O) groups is 1. The molecule has 0 spiro atoms. The second kappa shape index (κ2) is 5.50. The van der Waals surface area contributed by atoms with Gasteiger partial charge in [-0.3, -0.25) is 4.79 Å². The van der Waals surface area contributed by atoms with Gasteiger partial charge in [-0.1, -0.05) is 26.8 Å². The summed E-state index contributed by atoms with van der Waals surface area (Å²) in [5.41, 5.74) is 0.443. The van der Waals surface area contributed by atoms with Crippen molar-refractivity contribution >= 4 is 23.6 Å². The van der Waals surface area contributed by atoms with Crippen LogP contribution in [0.4, 0.5) is 4.39 Å². The van der Waals surface area contributed by atoms with Crippen LogP contribution in [-0.2, 0) is 4.79 Å². The van der Waals surface area contributed by atoms with E-state index in [9.17, 15) is 9.18 Å². The number of carbonyl (C=O) groups excluding carboxylic acids is 1. The quantitative estimate of drug-likeness (QED) is 0.588. The van der Waals surface area contributed by atoms with Crippen LogP contribution in [0.3, 0.4) is 0 Å². The molecule has 0 N–H and O–H groups in total. The van der Waals surface area contributed by atoms with Crippen LogP contribution < -0.4 is 0 Å². The molecular weight excluding hydrogens is 235 g/mol. The lowest BCUT2D eigenvalue weighted by atomic mass is 10.2. The molecule has 0 aromatic heterocycles. The zero-order valence-electron chi connectivity index (χ0n) is 10.6. The van der Waals surface area contributed by atoms with E-state index in [0.29, 0.717) is 5.56 Å². The van der Waals surface area contributed by atoms with Crippen LogP contribution in [0.2, 0.25) is 0 Å². The van der Waals surface area contributed by atoms with Gasteiger partial charge in [0.1, 0.15) is 5.82 Å². The van der Waals surface area contributed by atoms with Crippen LogP contribution in [0.25, 0.3) is 6.08 Å². The van der Waals surface area contributed by atoms with E-state index < -0.39 is 0 Å². The zero-order chi connectivity index (χ0) is 13.1. The summed E-state index contributed by atoms with van der Waals surface area (Å²) in [6, 6.07) is 5.08. The highest BCUT2D eigenvalue weighted by atomic mass is 32.2. The fourth-order valence-corrected chi connectivity index (χ4v) is 2.27. The Morgan fingerprint density at radius 1 is 1.35 bits per heavy atom. The third-order valence-electron chi connectivity index (χ3n) is 1.89. The highest BCUT2D eigenvalue weighted by Crippen LogP contribution is 2.32. The first kappa shape index (κ1) is 14.0. The van der Waals surface area contributed by atoms with Gasteiger partial charge in [-0.05, 0) is 31.2 Å². The Bertz CT molecular complexity index is 444. The molecular formula is C14H17FOS. The van der Waals surface area contributed by atoms with Gasteiger partial charge in [0.15, 0.2) is 5.78 Å². The molecule has 1 aromatic rings. The molecule has 1 rings (SSSR count). The number of ketones is 1. The number of hydrogen-bond donors (Lipinski definition) is 0. The molecule has 0 aliphatic carbocycles. The van der Waals surface area contributed by atoms with Crippen molar-refractivity contribution in [1.82, 2.24) is 0 Å². The number of halogens is 1. The van der Waals surface area contributed by atoms with Gasteiger partial charge in [0.05, 0.1) is 0 Å². The van der Waals surface area contributed by atoms with E-state index in [1.165, 1.54) is 25.1 Å². The Balaban J connectivity index is 2.90. The van der Waals surface area contributed by atoms with E-state index in [-0.39, 0.29) is 16.3 Å². The van der Waals surface area contributed by atoms with Crippen molar-refractivity contribution in [2.45, 2.75) is 37.3 Å². The van der Waals surface area contributed by atoms with Crippen LogP contribution in [0, 0.1) is 5.82 Å². The smallest absolute Gasteiger partial charge is 0.152 e. The Kier molecular flexibility index (Phi) is 4.52. The van der Waals surface area contributed by atoms with Gasteiger partial charge in [0.2, 0.25) is 0 Å². The molecule has 0 atom stereocenters. The normalized spacial score (nSPS) is 12.1. The highest BCUT2D eigenvalue weighted by Gasteiger charge is 2.12. The maximum Gasteiger partial charge on any atom is 0.152 e. The molecule has 0 saturated carbocycles. The van der Waals surface area contributed by atoms with Crippen molar-refractivity contribution < 1.29 is 9.18 Å². The molecule has 92 valence electrons. The van der Waals surface area contributed by atoms with Crippen LogP contribution in [0.15, 0.2) is 29.2 Å². The average molecular weight is 252 g/mol. The average Bonchev–Trinajstić information content (AvgIpc) is 2.13. The van der Waals surface area contributed by atoms with Gasteiger partial charge >= 0.3 is 0 Å². The lowest BCUT2D eigenvalue weighted by Gasteiger charge is -2.17. The first-order valence-corrected chi connectivity index (χ1v) is 6.27. The van der Waals surface area contributed by atoms with Gasteiger partial charge in [0.25, 0.3) is 0 Å². The molecule has 0 aliphatic rings. The molecule has 0 aliphatic heterocycles. The van der Waals surface area contributed by atoms with E-state index in [1.54, 1.807) is 17.8 Å². The maximum absolute atomic E-state index is 13.7. The SMILES string of the molecule is CC(=O)/C=C/c1ccc(SC(C)(C)C)cc1F. The summed E-state index contributed by atoms with van der Waals surface area (Å²) in [5.74, 6) is -0.380. The maximum atomic E-state index is 13.7. The third-order valence-corrected chi connectivity index (χ3v) is 3.00. The largest absolute Gasteiger partial charge is 0.295 e. The molecule has 1 aromatic carbocycles. The van der Waals surface area contributed by atoms with E-state index in [2.05, 4.69) is 20.8 Å². The van der Waals surface area contributed by atoms with Crippen LogP contribution in [0.5, 0.6) is 0 Å². The lowest BCUT2D eigenvalue weighted by Crippen LogP contribution is -2.06. The highest BCUT2D eigenvalue weighted by molar-refractivity contribution is 8.00. The molecule has 0 unspecified atom stereocenters. The Morgan fingerprint density at radius 3 is 2.47 bits per heavy atom. The van der Waals surface area contributed by atoms with Crippen LogP contribution in [0.1, 0.15) is 33.3 Å². The summed E-state index contributed by atoms with van der Waals surface area (Å²) in [4.78, 5) is 11.7. The van der Waals surface area contributed by atoms with Crippen molar-refractivity contribution in [1.29, 1.82) is 0 Å². The fraction of sp³-hybridized carbons (Fsp3) is 0.357. The second-order valence-corrected chi connectivity index (χ2v) is 6.74. The zero-order valence-corrected chi connectivity index (χ0v) is 11.4. The summed E-state index contributed by atoms with van der Waals surface area (Å²) in [6.45, 7) is 7.69. The molecule has 3 heteroatoms. The van der Waals surface area contributed by atoms with E-state index in [0.717, 1.165) is 4.90 Å². The Morgan fingerprint density at radius 2 is 2.00 bits per heavy atom. The fourth-order valence-electron chi connectivity index (χ4n) is 1.27. The van der Waals surface area contributed by atoms with Gasteiger partial charge in [-0.25, -0.2) is 4.39 Å². The minimum atomic E-state index is -0.295. The predicted molar refractivity (Wildman–Crippen MR) is 71.7 cm³/mol. The number of rotatable bonds is 3. The molecule has 0 heterocycles. The molecule has 0 bridgehead atoms. The Labute approximate surface area is 106 Å². The summed E-state index contributed by atoms with van der Waals surface area (Å²) < 4.78 is 13.8. The lowest BCUT2D eigenvalue weighted by molar-refractivity contribution is -0.112. The van der Waals surface area contributed by atoms with E-state index in [4.69, 9.17) is 0 Å². The first-order valence-electron chi connectivity index (χ1n) is 5.45. The van der Waals surface area contributed by atoms with Crippen molar-refractivity contribution in [2.75, 3.05) is 0 Å². The van der Waals surface area contributed by atoms with E-state index in [1.807, 2.05) is 6.07 Å². The first-order chi connectivity index (χ1) is 7.78. The van der Waals surface area contributed by atoms with Crippen molar-refractivity contribution in [2.24, 2.45) is 0 Å². The summed E-state index contributed by atoms with van der Waals surface area (Å²) in [6.07, 6.45) is 2.87. The van der Waals surface area contributed by atoms with Crippen molar-refractivity contribution in [3.05, 3.63) is 35.7 Å². The van der Waals surface area contributed by atoms with E-state index >= 15 is 0 Å². The Hall–Kier alpha value is -1.09. The molecule has 0 saturated heterocycles. The van der Waals surface area contributed by atoms with Gasteiger partial charge in [-0.15, -0.1) is 11.8 Å². The predicted octanol–water partition coefficient (Wildman–Crippen LogP) is 4.32. The minimum absolute atomic E-state index is 0.0587. The van der Waals surface area contributed by atoms with Gasteiger partial charge < -0.3 is 0 Å². The van der Waals surface area contributed by atoms with Gasteiger partial charge in [0, 0.05) is 15.2 Å². The molecule has 0 fully saturated rings. The number of thioether (sulfide) groups is 1. The monoisotopic (exact) mass is 252 g/mol. The summed E-state index contributed by atoms with van der Waals surface area (Å²) in [5, 5.41) is 0. The second-order valence-electron chi connectivity index (χ2n) is 4.84. The topological polar surface area (TPSA) is 17.1 Å². The summed E-state index contributed by atoms with van der Waals surface area (Å²) in [7, 11) is 0. The van der Waals surface area contributed by atoms with Crippen LogP contribution >= 0.6 is 11.8 Å². The third kappa shape index (κ3) is 5.18. The molecule has 17 heavy (non-hydrogen) atoms. The van der Waals surface area contributed by atoms with Crippen LogP contribution in [-0.4, -0.2) is 10.5 Å². The number of benzene rings is 1. The number of allylic oxidation sites excluding steroid dienone is 1.